The van der Waals surface area contributed by atoms with Crippen LogP contribution in [0.1, 0.15) is 11.3 Å². The largest absolute Gasteiger partial charge is 0.434 e. The van der Waals surface area contributed by atoms with Crippen LogP contribution in [-0.4, -0.2) is 31.3 Å². The van der Waals surface area contributed by atoms with Crippen LogP contribution < -0.4 is 10.6 Å². The molecule has 158 valence electrons. The Kier molecular flexibility index (Phi) is 6.47. The molecule has 1 aromatic carbocycles. The molecule has 0 aliphatic carbocycles. The summed E-state index contributed by atoms with van der Waals surface area (Å²) in [5.41, 5.74) is 0.720. The van der Waals surface area contributed by atoms with Crippen molar-refractivity contribution in [1.29, 1.82) is 0 Å². The summed E-state index contributed by atoms with van der Waals surface area (Å²) in [6.07, 6.45) is -2.21. The highest BCUT2D eigenvalue weighted by atomic mass is 35.5. The molecule has 0 bridgehead atoms. The van der Waals surface area contributed by atoms with Crippen LogP contribution in [0.25, 0.3) is 11.4 Å². The average molecular weight is 459 g/mol. The molecule has 0 radical (unpaired) electrons. The molecule has 0 saturated heterocycles. The van der Waals surface area contributed by atoms with Gasteiger partial charge in [0, 0.05) is 25.4 Å². The summed E-state index contributed by atoms with van der Waals surface area (Å²) in [6, 6.07) is 6.82. The number of benzene rings is 1. The van der Waals surface area contributed by atoms with E-state index in [9.17, 15) is 18.0 Å². The van der Waals surface area contributed by atoms with Crippen molar-refractivity contribution in [2.24, 2.45) is 7.05 Å². The molecule has 12 heteroatoms. The summed E-state index contributed by atoms with van der Waals surface area (Å²) < 4.78 is 39.9. The van der Waals surface area contributed by atoms with Crippen molar-refractivity contribution in [3.05, 3.63) is 53.2 Å². The number of nitrogens with one attached hydrogen (secondary N) is 2. The number of alkyl halides is 4. The molecule has 3 aromatic rings. The minimum Gasteiger partial charge on any atom is -0.364 e. The van der Waals surface area contributed by atoms with Crippen molar-refractivity contribution in [2.45, 2.75) is 12.7 Å². The first-order valence-corrected chi connectivity index (χ1v) is 9.40. The molecule has 2 heterocycles. The predicted molar refractivity (Wildman–Crippen MR) is 107 cm³/mol. The lowest BCUT2D eigenvalue weighted by molar-refractivity contribution is -0.140. The fourth-order valence-corrected chi connectivity index (χ4v) is 2.80. The van der Waals surface area contributed by atoms with Crippen molar-refractivity contribution in [3.63, 3.8) is 0 Å². The standard InChI is InChI=1S/C18H15Cl2F3N6O/c1-29-9-13(18(21,22)23)27-16(29)11-4-2-10(3-5-11)7-24-15-12(26-14(30)6-19)8-25-17(20)28-15/h2-5,8-9H,6-7H2,1H3,(H,26,30)(H,24,25,28). The van der Waals surface area contributed by atoms with E-state index in [1.165, 1.54) is 17.8 Å². The maximum absolute atomic E-state index is 12.8. The number of aryl methyl sites for hydroxylation is 1. The first-order valence-electron chi connectivity index (χ1n) is 8.49. The van der Waals surface area contributed by atoms with Gasteiger partial charge in [0.2, 0.25) is 11.2 Å². The molecular formula is C18H15Cl2F3N6O. The van der Waals surface area contributed by atoms with Crippen molar-refractivity contribution in [1.82, 2.24) is 19.5 Å². The molecule has 0 saturated carbocycles. The zero-order valence-electron chi connectivity index (χ0n) is 15.5. The van der Waals surface area contributed by atoms with Crippen molar-refractivity contribution >= 4 is 40.6 Å². The molecule has 0 aliphatic heterocycles. The maximum Gasteiger partial charge on any atom is 0.434 e. The Bertz CT molecular complexity index is 1050. The number of hydrogen-bond donors (Lipinski definition) is 2. The zero-order chi connectivity index (χ0) is 21.9. The predicted octanol–water partition coefficient (Wildman–Crippen LogP) is 4.34. The van der Waals surface area contributed by atoms with E-state index < -0.39 is 17.8 Å². The number of amides is 1. The van der Waals surface area contributed by atoms with Gasteiger partial charge in [-0.1, -0.05) is 24.3 Å². The van der Waals surface area contributed by atoms with Crippen LogP contribution in [0.3, 0.4) is 0 Å². The summed E-state index contributed by atoms with van der Waals surface area (Å²) in [5.74, 6) is -0.150. The van der Waals surface area contributed by atoms with Gasteiger partial charge >= 0.3 is 6.18 Å². The summed E-state index contributed by atoms with van der Waals surface area (Å²) in [5, 5.41) is 5.58. The average Bonchev–Trinajstić information content (AvgIpc) is 3.10. The molecular weight excluding hydrogens is 444 g/mol. The topological polar surface area (TPSA) is 84.7 Å². The second-order valence-electron chi connectivity index (χ2n) is 6.19. The van der Waals surface area contributed by atoms with Gasteiger partial charge < -0.3 is 15.2 Å². The van der Waals surface area contributed by atoms with E-state index in [0.29, 0.717) is 23.6 Å². The van der Waals surface area contributed by atoms with Crippen LogP contribution in [0.4, 0.5) is 24.7 Å². The Morgan fingerprint density at radius 3 is 2.50 bits per heavy atom. The first-order chi connectivity index (χ1) is 14.2. The van der Waals surface area contributed by atoms with Crippen LogP contribution >= 0.6 is 23.2 Å². The van der Waals surface area contributed by atoms with E-state index in [0.717, 1.165) is 11.8 Å². The lowest BCUT2D eigenvalue weighted by Gasteiger charge is -2.12. The van der Waals surface area contributed by atoms with E-state index in [1.54, 1.807) is 24.3 Å². The number of aromatic nitrogens is 4. The van der Waals surface area contributed by atoms with Gasteiger partial charge in [0.1, 0.15) is 17.4 Å². The Morgan fingerprint density at radius 1 is 1.20 bits per heavy atom. The number of hydrogen-bond acceptors (Lipinski definition) is 5. The third-order valence-electron chi connectivity index (χ3n) is 3.99. The second kappa shape index (κ2) is 8.88. The highest BCUT2D eigenvalue weighted by Gasteiger charge is 2.34. The lowest BCUT2D eigenvalue weighted by Crippen LogP contribution is -2.15. The monoisotopic (exact) mass is 458 g/mol. The van der Waals surface area contributed by atoms with E-state index in [2.05, 4.69) is 25.6 Å². The number of carbonyl (C=O) groups is 1. The first kappa shape index (κ1) is 21.8. The molecule has 0 fully saturated rings. The number of rotatable bonds is 6. The number of carbonyl (C=O) groups excluding carboxylic acids is 1. The van der Waals surface area contributed by atoms with Gasteiger partial charge in [-0.3, -0.25) is 4.79 Å². The zero-order valence-corrected chi connectivity index (χ0v) is 17.0. The summed E-state index contributed by atoms with van der Waals surface area (Å²) in [4.78, 5) is 23.1. The fourth-order valence-electron chi connectivity index (χ4n) is 2.60. The van der Waals surface area contributed by atoms with Crippen molar-refractivity contribution < 1.29 is 18.0 Å². The summed E-state index contributed by atoms with van der Waals surface area (Å²) >= 11 is 11.3. The molecule has 0 unspecified atom stereocenters. The Labute approximate surface area is 179 Å². The van der Waals surface area contributed by atoms with E-state index >= 15 is 0 Å². The molecule has 30 heavy (non-hydrogen) atoms. The van der Waals surface area contributed by atoms with Crippen LogP contribution in [0.15, 0.2) is 36.7 Å². The summed E-state index contributed by atoms with van der Waals surface area (Å²) in [6.45, 7) is 0.311. The second-order valence-corrected chi connectivity index (χ2v) is 6.80. The normalized spacial score (nSPS) is 11.4. The number of anilines is 2. The minimum atomic E-state index is -4.50. The molecule has 0 aliphatic rings. The van der Waals surface area contributed by atoms with E-state index in [4.69, 9.17) is 23.2 Å². The van der Waals surface area contributed by atoms with Gasteiger partial charge in [-0.25, -0.2) is 9.97 Å². The Hall–Kier alpha value is -2.85. The Balaban J connectivity index is 1.74. The van der Waals surface area contributed by atoms with Crippen LogP contribution in [-0.2, 0) is 24.6 Å². The summed E-state index contributed by atoms with van der Waals surface area (Å²) in [7, 11) is 1.50. The van der Waals surface area contributed by atoms with Crippen molar-refractivity contribution in [3.8, 4) is 11.4 Å². The maximum atomic E-state index is 12.8. The highest BCUT2D eigenvalue weighted by Crippen LogP contribution is 2.30. The van der Waals surface area contributed by atoms with Crippen LogP contribution in [0, 0.1) is 0 Å². The highest BCUT2D eigenvalue weighted by molar-refractivity contribution is 6.29. The van der Waals surface area contributed by atoms with Gasteiger partial charge in [0.15, 0.2) is 11.5 Å². The molecule has 3 rings (SSSR count). The van der Waals surface area contributed by atoms with Crippen LogP contribution in [0.5, 0.6) is 0 Å². The fraction of sp³-hybridized carbons (Fsp3) is 0.222. The minimum absolute atomic E-state index is 0.00743. The third-order valence-corrected chi connectivity index (χ3v) is 4.42. The van der Waals surface area contributed by atoms with E-state index in [1.807, 2.05) is 0 Å². The van der Waals surface area contributed by atoms with E-state index in [-0.39, 0.29) is 17.0 Å². The third kappa shape index (κ3) is 5.19. The van der Waals surface area contributed by atoms with Gasteiger partial charge in [0.05, 0.1) is 6.20 Å². The number of imidazole rings is 1. The molecule has 0 atom stereocenters. The number of halogens is 5. The molecule has 7 nitrogen and oxygen atoms in total. The Morgan fingerprint density at radius 2 is 1.90 bits per heavy atom. The molecule has 2 N–H and O–H groups in total. The van der Waals surface area contributed by atoms with Gasteiger partial charge in [-0.15, -0.1) is 11.6 Å². The molecule has 2 aromatic heterocycles. The number of nitrogens with zero attached hydrogens (tertiary/aromatic N) is 4. The quantitative estimate of drug-likeness (QED) is 0.423. The van der Waals surface area contributed by atoms with Gasteiger partial charge in [-0.05, 0) is 17.2 Å². The lowest BCUT2D eigenvalue weighted by atomic mass is 10.1. The smallest absolute Gasteiger partial charge is 0.364 e. The van der Waals surface area contributed by atoms with Crippen molar-refractivity contribution in [2.75, 3.05) is 16.5 Å². The van der Waals surface area contributed by atoms with Gasteiger partial charge in [0.25, 0.3) is 0 Å². The van der Waals surface area contributed by atoms with Gasteiger partial charge in [-0.2, -0.15) is 18.2 Å². The van der Waals surface area contributed by atoms with Crippen LogP contribution in [0.2, 0.25) is 5.28 Å². The SMILES string of the molecule is Cn1cc(C(F)(F)F)nc1-c1ccc(CNc2nc(Cl)ncc2NC(=O)CCl)cc1. The molecule has 0 spiro atoms. The molecule has 1 amide bonds.